The monoisotopic (exact) mass is 535 g/mol. The molecule has 0 saturated heterocycles. The molecule has 0 amide bonds. The Kier molecular flexibility index (Phi) is 9.77. The number of unbranched alkanes of at least 4 members (excludes halogenated alkanes) is 2. The predicted octanol–water partition coefficient (Wildman–Crippen LogP) is 5.12. The molecule has 0 radical (unpaired) electrons. The SMILES string of the molecule is COc1ccc(-c2noc(CCCCCN=C(N)Nc3ccc(C)c(C)c3)n2)cc1.I. The summed E-state index contributed by atoms with van der Waals surface area (Å²) in [6, 6.07) is 13.8. The van der Waals surface area contributed by atoms with E-state index in [1.54, 1.807) is 7.11 Å². The maximum Gasteiger partial charge on any atom is 0.226 e. The molecular weight excluding hydrogens is 505 g/mol. The van der Waals surface area contributed by atoms with Crippen LogP contribution in [0.3, 0.4) is 0 Å². The number of nitrogens with two attached hydrogens (primary N) is 1. The molecule has 0 atom stereocenters. The van der Waals surface area contributed by atoms with Gasteiger partial charge in [-0.15, -0.1) is 24.0 Å². The molecule has 0 spiro atoms. The van der Waals surface area contributed by atoms with Crippen molar-refractivity contribution in [3.63, 3.8) is 0 Å². The number of aryl methyl sites for hydroxylation is 3. The van der Waals surface area contributed by atoms with E-state index in [9.17, 15) is 0 Å². The van der Waals surface area contributed by atoms with Crippen molar-refractivity contribution < 1.29 is 9.26 Å². The van der Waals surface area contributed by atoms with Gasteiger partial charge in [-0.05, 0) is 74.2 Å². The minimum absolute atomic E-state index is 0. The normalized spacial score (nSPS) is 11.1. The number of nitrogens with one attached hydrogen (secondary N) is 1. The molecular formula is C23H30IN5O2. The van der Waals surface area contributed by atoms with Gasteiger partial charge in [0.15, 0.2) is 5.96 Å². The molecule has 1 heterocycles. The zero-order valence-electron chi connectivity index (χ0n) is 18.2. The lowest BCUT2D eigenvalue weighted by atomic mass is 10.1. The molecule has 8 heteroatoms. The molecule has 3 N–H and O–H groups in total. The van der Waals surface area contributed by atoms with Crippen LogP contribution in [0.4, 0.5) is 5.69 Å². The van der Waals surface area contributed by atoms with Crippen LogP contribution in [0.1, 0.15) is 36.3 Å². The third-order valence-electron chi connectivity index (χ3n) is 4.93. The molecule has 2 aromatic carbocycles. The van der Waals surface area contributed by atoms with Gasteiger partial charge in [0.25, 0.3) is 0 Å². The molecule has 0 aliphatic carbocycles. The second-order valence-electron chi connectivity index (χ2n) is 7.24. The third-order valence-corrected chi connectivity index (χ3v) is 4.93. The van der Waals surface area contributed by atoms with Crippen LogP contribution in [0.2, 0.25) is 0 Å². The Hall–Kier alpha value is -2.62. The summed E-state index contributed by atoms with van der Waals surface area (Å²) in [6.45, 7) is 4.85. The van der Waals surface area contributed by atoms with E-state index in [1.807, 2.05) is 30.3 Å². The van der Waals surface area contributed by atoms with Crippen LogP contribution in [-0.2, 0) is 6.42 Å². The van der Waals surface area contributed by atoms with Crippen LogP contribution >= 0.6 is 24.0 Å². The van der Waals surface area contributed by atoms with Gasteiger partial charge < -0.3 is 20.3 Å². The summed E-state index contributed by atoms with van der Waals surface area (Å²) < 4.78 is 10.5. The Labute approximate surface area is 200 Å². The highest BCUT2D eigenvalue weighted by Crippen LogP contribution is 2.20. The van der Waals surface area contributed by atoms with Gasteiger partial charge in [0, 0.05) is 24.2 Å². The van der Waals surface area contributed by atoms with E-state index in [0.29, 0.717) is 24.2 Å². The maximum atomic E-state index is 5.97. The molecule has 166 valence electrons. The summed E-state index contributed by atoms with van der Waals surface area (Å²) in [5.41, 5.74) is 10.3. The number of methoxy groups -OCH3 is 1. The first-order valence-corrected chi connectivity index (χ1v) is 10.2. The molecule has 3 aromatic rings. The summed E-state index contributed by atoms with van der Waals surface area (Å²) >= 11 is 0. The number of ether oxygens (including phenoxy) is 1. The topological polar surface area (TPSA) is 98.6 Å². The average Bonchev–Trinajstić information content (AvgIpc) is 3.22. The number of nitrogens with zero attached hydrogens (tertiary/aromatic N) is 3. The summed E-state index contributed by atoms with van der Waals surface area (Å²) in [5, 5.41) is 7.20. The summed E-state index contributed by atoms with van der Waals surface area (Å²) in [7, 11) is 1.64. The molecule has 0 aliphatic rings. The Bertz CT molecular complexity index is 986. The van der Waals surface area contributed by atoms with E-state index in [1.165, 1.54) is 11.1 Å². The fourth-order valence-electron chi connectivity index (χ4n) is 2.98. The molecule has 1 aromatic heterocycles. The predicted molar refractivity (Wildman–Crippen MR) is 135 cm³/mol. The Morgan fingerprint density at radius 1 is 1.06 bits per heavy atom. The first-order valence-electron chi connectivity index (χ1n) is 10.2. The summed E-state index contributed by atoms with van der Waals surface area (Å²) in [5.74, 6) is 2.50. The minimum Gasteiger partial charge on any atom is -0.497 e. The lowest BCUT2D eigenvalue weighted by molar-refractivity contribution is 0.374. The molecule has 3 rings (SSSR count). The van der Waals surface area contributed by atoms with E-state index >= 15 is 0 Å². The largest absolute Gasteiger partial charge is 0.497 e. The first kappa shape index (κ1) is 24.6. The van der Waals surface area contributed by atoms with Crippen molar-refractivity contribution >= 4 is 35.6 Å². The van der Waals surface area contributed by atoms with Crippen molar-refractivity contribution in [1.82, 2.24) is 10.1 Å². The molecule has 0 aliphatic heterocycles. The number of benzene rings is 2. The van der Waals surface area contributed by atoms with Gasteiger partial charge >= 0.3 is 0 Å². The zero-order chi connectivity index (χ0) is 21.3. The first-order chi connectivity index (χ1) is 14.5. The number of anilines is 1. The van der Waals surface area contributed by atoms with Gasteiger partial charge in [0.2, 0.25) is 11.7 Å². The fourth-order valence-corrected chi connectivity index (χ4v) is 2.98. The quantitative estimate of drug-likeness (QED) is 0.171. The van der Waals surface area contributed by atoms with Crippen LogP contribution in [0.5, 0.6) is 5.75 Å². The van der Waals surface area contributed by atoms with E-state index in [-0.39, 0.29) is 24.0 Å². The fraction of sp³-hybridized carbons (Fsp3) is 0.348. The standard InChI is InChI=1S/C23H29N5O2.HI/c1-16-8-11-19(15-17(16)2)26-23(24)25-14-6-4-5-7-21-27-22(28-30-21)18-9-12-20(29-3)13-10-18;/h8-13,15H,4-7,14H2,1-3H3,(H3,24,25,26);1H. The molecule has 0 bridgehead atoms. The lowest BCUT2D eigenvalue weighted by Gasteiger charge is -2.08. The number of aliphatic imine (C=N–C) groups is 1. The lowest BCUT2D eigenvalue weighted by Crippen LogP contribution is -2.22. The van der Waals surface area contributed by atoms with Gasteiger partial charge in [-0.2, -0.15) is 4.98 Å². The van der Waals surface area contributed by atoms with E-state index in [0.717, 1.165) is 42.7 Å². The van der Waals surface area contributed by atoms with Crippen LogP contribution < -0.4 is 15.8 Å². The number of rotatable bonds is 9. The number of halogens is 1. The van der Waals surface area contributed by atoms with Crippen molar-refractivity contribution in [3.05, 3.63) is 59.5 Å². The second kappa shape index (κ2) is 12.3. The number of guanidine groups is 1. The number of hydrogen-bond donors (Lipinski definition) is 2. The van der Waals surface area contributed by atoms with E-state index < -0.39 is 0 Å². The number of hydrogen-bond acceptors (Lipinski definition) is 5. The highest BCUT2D eigenvalue weighted by Gasteiger charge is 2.08. The summed E-state index contributed by atoms with van der Waals surface area (Å²) in [6.07, 6.45) is 3.68. The van der Waals surface area contributed by atoms with Crippen molar-refractivity contribution in [2.24, 2.45) is 10.7 Å². The second-order valence-corrected chi connectivity index (χ2v) is 7.24. The van der Waals surface area contributed by atoms with Gasteiger partial charge in [-0.25, -0.2) is 0 Å². The molecule has 0 fully saturated rings. The third kappa shape index (κ3) is 7.54. The highest BCUT2D eigenvalue weighted by atomic mass is 127. The van der Waals surface area contributed by atoms with Crippen LogP contribution in [0, 0.1) is 13.8 Å². The smallest absolute Gasteiger partial charge is 0.226 e. The molecule has 7 nitrogen and oxygen atoms in total. The Morgan fingerprint density at radius 2 is 1.84 bits per heavy atom. The Morgan fingerprint density at radius 3 is 2.55 bits per heavy atom. The van der Waals surface area contributed by atoms with Gasteiger partial charge in [0.1, 0.15) is 5.75 Å². The van der Waals surface area contributed by atoms with Crippen molar-refractivity contribution in [1.29, 1.82) is 0 Å². The molecule has 0 saturated carbocycles. The van der Waals surface area contributed by atoms with Crippen molar-refractivity contribution in [2.45, 2.75) is 39.5 Å². The van der Waals surface area contributed by atoms with Crippen molar-refractivity contribution in [3.8, 4) is 17.1 Å². The zero-order valence-corrected chi connectivity index (χ0v) is 20.6. The van der Waals surface area contributed by atoms with Gasteiger partial charge in [-0.3, -0.25) is 4.99 Å². The maximum absolute atomic E-state index is 5.97. The summed E-state index contributed by atoms with van der Waals surface area (Å²) in [4.78, 5) is 8.86. The van der Waals surface area contributed by atoms with E-state index in [4.69, 9.17) is 15.0 Å². The van der Waals surface area contributed by atoms with Gasteiger partial charge in [0.05, 0.1) is 7.11 Å². The minimum atomic E-state index is 0. The van der Waals surface area contributed by atoms with Crippen LogP contribution in [0.25, 0.3) is 11.4 Å². The van der Waals surface area contributed by atoms with E-state index in [2.05, 4.69) is 46.4 Å². The highest BCUT2D eigenvalue weighted by molar-refractivity contribution is 14.0. The Balaban J connectivity index is 0.00000341. The van der Waals surface area contributed by atoms with Crippen LogP contribution in [-0.4, -0.2) is 29.8 Å². The number of aromatic nitrogens is 2. The van der Waals surface area contributed by atoms with Crippen LogP contribution in [0.15, 0.2) is 52.0 Å². The molecule has 31 heavy (non-hydrogen) atoms. The average molecular weight is 535 g/mol. The van der Waals surface area contributed by atoms with Gasteiger partial charge in [-0.1, -0.05) is 17.6 Å². The van der Waals surface area contributed by atoms with Crippen molar-refractivity contribution in [2.75, 3.05) is 19.0 Å². The molecule has 0 unspecified atom stereocenters.